The lowest BCUT2D eigenvalue weighted by Gasteiger charge is -2.14. The lowest BCUT2D eigenvalue weighted by molar-refractivity contribution is -0.154. The fraction of sp³-hybridized carbons (Fsp3) is 0.160. The molecule has 0 spiro atoms. The summed E-state index contributed by atoms with van der Waals surface area (Å²) in [6.07, 6.45) is -4.97. The zero-order valence-corrected chi connectivity index (χ0v) is 18.1. The number of rotatable bonds is 7. The molecule has 0 unspecified atom stereocenters. The Morgan fingerprint density at radius 1 is 0.853 bits per heavy atom. The van der Waals surface area contributed by atoms with Gasteiger partial charge in [-0.05, 0) is 42.5 Å². The Kier molecular flexibility index (Phi) is 6.36. The van der Waals surface area contributed by atoms with Crippen LogP contribution in [0.1, 0.15) is 11.3 Å². The quantitative estimate of drug-likeness (QED) is 0.319. The number of hydrogen-bond acceptors (Lipinski definition) is 6. The number of halogens is 3. The number of fused-ring (bicyclic) bond motifs is 1. The van der Waals surface area contributed by atoms with Crippen molar-refractivity contribution in [3.63, 3.8) is 0 Å². The van der Waals surface area contributed by atoms with E-state index in [0.717, 1.165) is 5.56 Å². The van der Waals surface area contributed by atoms with Crippen molar-refractivity contribution in [2.45, 2.75) is 12.8 Å². The summed E-state index contributed by atoms with van der Waals surface area (Å²) >= 11 is 0. The highest BCUT2D eigenvalue weighted by atomic mass is 19.4. The second-order valence-electron chi connectivity index (χ2n) is 7.12. The Balaban J connectivity index is 1.70. The predicted molar refractivity (Wildman–Crippen MR) is 118 cm³/mol. The third-order valence-corrected chi connectivity index (χ3v) is 4.95. The number of methoxy groups -OCH3 is 2. The van der Waals surface area contributed by atoms with Crippen LogP contribution >= 0.6 is 0 Å². The molecule has 0 fully saturated rings. The van der Waals surface area contributed by atoms with Crippen molar-refractivity contribution < 1.29 is 36.5 Å². The third-order valence-electron chi connectivity index (χ3n) is 4.95. The van der Waals surface area contributed by atoms with Crippen molar-refractivity contribution in [2.24, 2.45) is 0 Å². The van der Waals surface area contributed by atoms with E-state index in [1.54, 1.807) is 24.3 Å². The molecule has 0 amide bonds. The molecule has 0 aliphatic carbocycles. The van der Waals surface area contributed by atoms with Gasteiger partial charge in [0.2, 0.25) is 11.2 Å². The summed E-state index contributed by atoms with van der Waals surface area (Å²) in [5, 5.41) is -0.0823. The fourth-order valence-electron chi connectivity index (χ4n) is 3.27. The highest BCUT2D eigenvalue weighted by molar-refractivity contribution is 5.79. The maximum Gasteiger partial charge on any atom is 0.453 e. The highest BCUT2D eigenvalue weighted by Crippen LogP contribution is 2.39. The number of hydrogen-bond donors (Lipinski definition) is 0. The summed E-state index contributed by atoms with van der Waals surface area (Å²) in [6.45, 7) is 0.102. The number of alkyl halides is 3. The van der Waals surface area contributed by atoms with E-state index < -0.39 is 23.1 Å². The molecular formula is C25H19F3O6. The SMILES string of the molecule is COc1ccc(Oc2c(C(F)(F)F)oc3cc(OCc4ccccc4OC)ccc3c2=O)cc1. The van der Waals surface area contributed by atoms with E-state index in [1.165, 1.54) is 56.7 Å². The standard InChI is InChI=1S/C25H19F3O6/c1-30-16-7-9-17(10-8-16)33-23-22(29)19-12-11-18(13-21(19)34-24(23)25(26,27)28)32-14-15-5-3-4-6-20(15)31-2/h3-13H,14H2,1-2H3. The molecule has 4 rings (SSSR count). The van der Waals surface area contributed by atoms with E-state index in [4.69, 9.17) is 23.4 Å². The molecule has 0 saturated carbocycles. The topological polar surface area (TPSA) is 67.1 Å². The molecule has 176 valence electrons. The van der Waals surface area contributed by atoms with Crippen molar-refractivity contribution in [2.75, 3.05) is 14.2 Å². The van der Waals surface area contributed by atoms with Gasteiger partial charge in [0, 0.05) is 11.6 Å². The first kappa shape index (κ1) is 23.0. The van der Waals surface area contributed by atoms with Crippen LogP contribution in [-0.2, 0) is 12.8 Å². The van der Waals surface area contributed by atoms with Crippen LogP contribution in [0.3, 0.4) is 0 Å². The average Bonchev–Trinajstić information content (AvgIpc) is 2.84. The molecule has 0 radical (unpaired) electrons. The monoisotopic (exact) mass is 472 g/mol. The van der Waals surface area contributed by atoms with Gasteiger partial charge >= 0.3 is 6.18 Å². The van der Waals surface area contributed by atoms with Crippen molar-refractivity contribution in [3.05, 3.63) is 88.3 Å². The van der Waals surface area contributed by atoms with E-state index >= 15 is 0 Å². The normalized spacial score (nSPS) is 11.3. The van der Waals surface area contributed by atoms with Crippen LogP contribution < -0.4 is 24.4 Å². The third kappa shape index (κ3) is 4.78. The average molecular weight is 472 g/mol. The molecule has 0 bridgehead atoms. The summed E-state index contributed by atoms with van der Waals surface area (Å²) < 4.78 is 67.6. The first-order valence-corrected chi connectivity index (χ1v) is 10.0. The molecular weight excluding hydrogens is 453 g/mol. The summed E-state index contributed by atoms with van der Waals surface area (Å²) in [4.78, 5) is 12.9. The Bertz CT molecular complexity index is 1360. The van der Waals surface area contributed by atoms with E-state index in [1.807, 2.05) is 0 Å². The van der Waals surface area contributed by atoms with Crippen LogP contribution in [0.25, 0.3) is 11.0 Å². The van der Waals surface area contributed by atoms with Crippen LogP contribution in [-0.4, -0.2) is 14.2 Å². The first-order valence-electron chi connectivity index (χ1n) is 10.0. The molecule has 0 aliphatic rings. The fourth-order valence-corrected chi connectivity index (χ4v) is 3.27. The van der Waals surface area contributed by atoms with Gasteiger partial charge in [-0.1, -0.05) is 18.2 Å². The van der Waals surface area contributed by atoms with Gasteiger partial charge < -0.3 is 23.4 Å². The van der Waals surface area contributed by atoms with E-state index in [9.17, 15) is 18.0 Å². The number of para-hydroxylation sites is 1. The molecule has 6 nitrogen and oxygen atoms in total. The molecule has 0 aliphatic heterocycles. The highest BCUT2D eigenvalue weighted by Gasteiger charge is 2.40. The minimum Gasteiger partial charge on any atom is -0.497 e. The zero-order chi connectivity index (χ0) is 24.3. The molecule has 3 aromatic carbocycles. The zero-order valence-electron chi connectivity index (χ0n) is 18.1. The molecule has 1 heterocycles. The second-order valence-corrected chi connectivity index (χ2v) is 7.12. The van der Waals surface area contributed by atoms with Crippen LogP contribution in [0.5, 0.6) is 28.7 Å². The van der Waals surface area contributed by atoms with Gasteiger partial charge in [0.25, 0.3) is 5.76 Å². The molecule has 0 saturated heterocycles. The second kappa shape index (κ2) is 9.38. The van der Waals surface area contributed by atoms with Gasteiger partial charge in [0.1, 0.15) is 35.2 Å². The summed E-state index contributed by atoms with van der Waals surface area (Å²) in [5.74, 6) is -1.16. The minimum atomic E-state index is -4.97. The largest absolute Gasteiger partial charge is 0.497 e. The Morgan fingerprint density at radius 3 is 2.21 bits per heavy atom. The lowest BCUT2D eigenvalue weighted by atomic mass is 10.2. The lowest BCUT2D eigenvalue weighted by Crippen LogP contribution is -2.15. The first-order chi connectivity index (χ1) is 16.3. The van der Waals surface area contributed by atoms with Gasteiger partial charge in [-0.25, -0.2) is 0 Å². The van der Waals surface area contributed by atoms with Gasteiger partial charge in [-0.2, -0.15) is 13.2 Å². The minimum absolute atomic E-state index is 0.0229. The van der Waals surface area contributed by atoms with Crippen LogP contribution in [0.15, 0.2) is 75.9 Å². The maximum absolute atomic E-state index is 13.8. The smallest absolute Gasteiger partial charge is 0.453 e. The van der Waals surface area contributed by atoms with Gasteiger partial charge in [0.05, 0.1) is 19.6 Å². The molecule has 34 heavy (non-hydrogen) atoms. The van der Waals surface area contributed by atoms with Crippen LogP contribution in [0, 0.1) is 0 Å². The van der Waals surface area contributed by atoms with Crippen LogP contribution in [0.4, 0.5) is 13.2 Å². The molecule has 0 N–H and O–H groups in total. The van der Waals surface area contributed by atoms with Gasteiger partial charge in [0.15, 0.2) is 0 Å². The molecule has 4 aromatic rings. The Hall–Kier alpha value is -4.14. The predicted octanol–water partition coefficient (Wildman–Crippen LogP) is 6.20. The van der Waals surface area contributed by atoms with Crippen LogP contribution in [0.2, 0.25) is 0 Å². The Labute approximate surface area is 192 Å². The summed E-state index contributed by atoms with van der Waals surface area (Å²) in [7, 11) is 2.97. The van der Waals surface area contributed by atoms with Crippen molar-refractivity contribution in [3.8, 4) is 28.7 Å². The number of benzene rings is 3. The van der Waals surface area contributed by atoms with E-state index in [0.29, 0.717) is 11.5 Å². The van der Waals surface area contributed by atoms with Crippen molar-refractivity contribution >= 4 is 11.0 Å². The van der Waals surface area contributed by atoms with E-state index in [2.05, 4.69) is 0 Å². The maximum atomic E-state index is 13.8. The van der Waals surface area contributed by atoms with Crippen molar-refractivity contribution in [1.82, 2.24) is 0 Å². The summed E-state index contributed by atoms with van der Waals surface area (Å²) in [5.41, 5.74) is -0.497. The number of ether oxygens (including phenoxy) is 4. The van der Waals surface area contributed by atoms with Gasteiger partial charge in [-0.15, -0.1) is 0 Å². The molecule has 1 aromatic heterocycles. The molecule has 0 atom stereocenters. The van der Waals surface area contributed by atoms with Gasteiger partial charge in [-0.3, -0.25) is 4.79 Å². The Morgan fingerprint density at radius 2 is 1.53 bits per heavy atom. The molecule has 9 heteroatoms. The van der Waals surface area contributed by atoms with Crippen molar-refractivity contribution in [1.29, 1.82) is 0 Å². The van der Waals surface area contributed by atoms with E-state index in [-0.39, 0.29) is 29.1 Å². The summed E-state index contributed by atoms with van der Waals surface area (Å²) in [6, 6.07) is 17.0.